The lowest BCUT2D eigenvalue weighted by atomic mass is 9.55. The van der Waals surface area contributed by atoms with Crippen LogP contribution in [-0.2, 0) is 25.7 Å². The molecule has 3 aromatic rings. The summed E-state index contributed by atoms with van der Waals surface area (Å²) >= 11 is 0. The molecule has 0 aromatic heterocycles. The first-order valence-corrected chi connectivity index (χ1v) is 22.4. The molecule has 15 heteroatoms. The van der Waals surface area contributed by atoms with Crippen molar-refractivity contribution in [3.05, 3.63) is 118 Å². The van der Waals surface area contributed by atoms with Crippen LogP contribution in [0.2, 0.25) is 0 Å². The van der Waals surface area contributed by atoms with E-state index in [0.29, 0.717) is 46.9 Å². The maximum absolute atomic E-state index is 14.6. The fraction of sp³-hybridized carbons (Fsp3) is 0.490. The number of nitro groups is 1. The lowest BCUT2D eigenvalue weighted by molar-refractivity contribution is -0.384. The molecule has 3 aromatic carbocycles. The third-order valence-electron chi connectivity index (χ3n) is 12.7. The zero-order valence-corrected chi connectivity index (χ0v) is 36.1. The number of unbranched alkanes of at least 4 members (excludes halogenated alkanes) is 2. The number of allylic oxidation sites excluding steroid dienone is 1. The van der Waals surface area contributed by atoms with E-state index >= 15 is 0 Å². The van der Waals surface area contributed by atoms with E-state index in [1.165, 1.54) is 12.1 Å². The monoisotopic (exact) mass is 881 g/mol. The maximum Gasteiger partial charge on any atom is 0.269 e. The van der Waals surface area contributed by atoms with Crippen molar-refractivity contribution in [1.82, 2.24) is 4.90 Å². The number of amides is 1. The van der Waals surface area contributed by atoms with Gasteiger partial charge in [0.05, 0.1) is 43.0 Å². The predicted octanol–water partition coefficient (Wildman–Crippen LogP) is 7.28. The molecule has 64 heavy (non-hydrogen) atoms. The van der Waals surface area contributed by atoms with Crippen LogP contribution in [0.4, 0.5) is 5.69 Å². The van der Waals surface area contributed by atoms with Crippen LogP contribution >= 0.6 is 0 Å². The van der Waals surface area contributed by atoms with E-state index in [1.807, 2.05) is 23.1 Å². The summed E-state index contributed by atoms with van der Waals surface area (Å²) in [6.45, 7) is 4.53. The summed E-state index contributed by atoms with van der Waals surface area (Å²) in [5.74, 6) is -1.01. The standard InChI is InChI=1S/C49H59N3O12/c1-2-24-61-49-45(51(20-25-60-26-23-55)48(57)35-14-15-35)30-43(50-62-32-33-12-16-37(17-13-33)52(58)59)41-28-36(9-3-5-21-53)40(11-4-6-22-54)46(47(41)49)42-29-39(18-19-44(42)64-49)63-38-10-7-8-34(27-38)31-56/h2,7-8,10,12-13,16-19,27-29,31,35-36,40,45-47,53-55H,1,3-6,9,11,14-15,20-26,30,32H2. The first kappa shape index (κ1) is 46.5. The normalized spacial score (nSPS) is 23.8. The van der Waals surface area contributed by atoms with Crippen LogP contribution in [0.1, 0.15) is 85.2 Å². The number of aldehydes is 1. The number of aliphatic hydroxyl groups excluding tert-OH is 3. The van der Waals surface area contributed by atoms with E-state index in [9.17, 15) is 35.0 Å². The van der Waals surface area contributed by atoms with Crippen LogP contribution in [0.25, 0.3) is 0 Å². The molecule has 0 saturated heterocycles. The molecule has 1 amide bonds. The van der Waals surface area contributed by atoms with Gasteiger partial charge < -0.3 is 44.0 Å². The Hall–Kier alpha value is -5.45. The van der Waals surface area contributed by atoms with Gasteiger partial charge in [-0.2, -0.15) is 0 Å². The highest BCUT2D eigenvalue weighted by Gasteiger charge is 2.66. The maximum atomic E-state index is 14.6. The van der Waals surface area contributed by atoms with E-state index in [-0.39, 0.29) is 94.5 Å². The van der Waals surface area contributed by atoms with Crippen molar-refractivity contribution in [3.63, 3.8) is 0 Å². The molecule has 7 rings (SSSR count). The van der Waals surface area contributed by atoms with Crippen LogP contribution in [0.3, 0.4) is 0 Å². The number of hydrogen-bond donors (Lipinski definition) is 3. The van der Waals surface area contributed by atoms with Gasteiger partial charge in [-0.1, -0.05) is 42.3 Å². The number of ether oxygens (including phenoxy) is 4. The molecule has 1 aliphatic heterocycles. The summed E-state index contributed by atoms with van der Waals surface area (Å²) in [7, 11) is 0. The van der Waals surface area contributed by atoms with Gasteiger partial charge in [-0.15, -0.1) is 6.58 Å². The van der Waals surface area contributed by atoms with Gasteiger partial charge >= 0.3 is 0 Å². The van der Waals surface area contributed by atoms with E-state index in [4.69, 9.17) is 28.9 Å². The molecular formula is C49H59N3O12. The van der Waals surface area contributed by atoms with Gasteiger partial charge in [0.25, 0.3) is 5.69 Å². The van der Waals surface area contributed by atoms with Crippen LogP contribution in [0.5, 0.6) is 17.2 Å². The molecule has 15 nitrogen and oxygen atoms in total. The molecule has 3 N–H and O–H groups in total. The summed E-state index contributed by atoms with van der Waals surface area (Å²) in [6.07, 6.45) is 10.6. The fourth-order valence-electron chi connectivity index (χ4n) is 9.71. The summed E-state index contributed by atoms with van der Waals surface area (Å²) in [5.41, 5.74) is 3.45. The molecule has 0 radical (unpaired) electrons. The molecule has 4 aliphatic rings. The Bertz CT molecular complexity index is 2160. The van der Waals surface area contributed by atoms with E-state index in [2.05, 4.69) is 12.7 Å². The number of non-ortho nitro benzene ring substituents is 1. The van der Waals surface area contributed by atoms with Crippen LogP contribution in [0.15, 0.2) is 96.2 Å². The second-order valence-electron chi connectivity index (χ2n) is 16.9. The number of oxime groups is 1. The third-order valence-corrected chi connectivity index (χ3v) is 12.7. The smallest absolute Gasteiger partial charge is 0.269 e. The van der Waals surface area contributed by atoms with E-state index in [1.54, 1.807) is 42.5 Å². The molecule has 0 bridgehead atoms. The number of aliphatic hydroxyl groups is 3. The van der Waals surface area contributed by atoms with Gasteiger partial charge in [0.15, 0.2) is 0 Å². The minimum absolute atomic E-state index is 0.00843. The third kappa shape index (κ3) is 10.6. The first-order valence-electron chi connectivity index (χ1n) is 22.4. The Kier molecular flexibility index (Phi) is 16.0. The highest BCUT2D eigenvalue weighted by atomic mass is 16.7. The minimum Gasteiger partial charge on any atom is -0.459 e. The molecule has 6 atom stereocenters. The van der Waals surface area contributed by atoms with Gasteiger partial charge in [-0.3, -0.25) is 19.7 Å². The first-order chi connectivity index (χ1) is 31.2. The van der Waals surface area contributed by atoms with Crippen molar-refractivity contribution in [2.24, 2.45) is 28.8 Å². The average molecular weight is 882 g/mol. The summed E-state index contributed by atoms with van der Waals surface area (Å²) in [6, 6.07) is 18.0. The van der Waals surface area contributed by atoms with Crippen molar-refractivity contribution in [2.75, 3.05) is 46.2 Å². The second kappa shape index (κ2) is 22.0. The van der Waals surface area contributed by atoms with Crippen molar-refractivity contribution in [3.8, 4) is 17.2 Å². The molecule has 3 aliphatic carbocycles. The summed E-state index contributed by atoms with van der Waals surface area (Å²) in [5, 5.41) is 45.7. The quantitative estimate of drug-likeness (QED) is 0.0253. The van der Waals surface area contributed by atoms with Crippen molar-refractivity contribution < 1.29 is 53.6 Å². The van der Waals surface area contributed by atoms with Crippen LogP contribution in [-0.4, -0.2) is 101 Å². The molecule has 2 fully saturated rings. The van der Waals surface area contributed by atoms with Crippen molar-refractivity contribution >= 4 is 23.6 Å². The number of fused-ring (bicyclic) bond motifs is 2. The van der Waals surface area contributed by atoms with Crippen LogP contribution in [0, 0.1) is 33.8 Å². The Morgan fingerprint density at radius 1 is 0.969 bits per heavy atom. The Morgan fingerprint density at radius 2 is 1.73 bits per heavy atom. The van der Waals surface area contributed by atoms with Gasteiger partial charge in [0.2, 0.25) is 11.7 Å². The lowest BCUT2D eigenvalue weighted by Crippen LogP contribution is -2.70. The Labute approximate surface area is 373 Å². The molecule has 2 saturated carbocycles. The van der Waals surface area contributed by atoms with E-state index in [0.717, 1.165) is 55.9 Å². The molecule has 0 spiro atoms. The summed E-state index contributed by atoms with van der Waals surface area (Å²) < 4.78 is 26.6. The van der Waals surface area contributed by atoms with Gasteiger partial charge in [-0.25, -0.2) is 0 Å². The molecule has 342 valence electrons. The van der Waals surface area contributed by atoms with Crippen molar-refractivity contribution in [1.29, 1.82) is 0 Å². The van der Waals surface area contributed by atoms with Crippen LogP contribution < -0.4 is 9.47 Å². The van der Waals surface area contributed by atoms with E-state index < -0.39 is 22.7 Å². The Balaban J connectivity index is 1.41. The number of nitrogens with zero attached hydrogens (tertiary/aromatic N) is 3. The number of carbonyl (C=O) groups excluding carboxylic acids is 2. The average Bonchev–Trinajstić information content (AvgIpc) is 4.16. The second-order valence-corrected chi connectivity index (χ2v) is 16.9. The molecular weight excluding hydrogens is 823 g/mol. The molecule has 6 unspecified atom stereocenters. The number of rotatable bonds is 25. The highest BCUT2D eigenvalue weighted by molar-refractivity contribution is 6.03. The SMILES string of the molecule is C=CCOC12Oc3ccc(Oc4cccc(C=O)c4)cc3C3C(CCCCO)C(CCCCO)C=C(C(=NOCc4ccc([N+](=O)[O-])cc4)CC1N(CCOCCO)C(=O)C1CC1)C32. The number of benzene rings is 3. The minimum atomic E-state index is -1.47. The number of hydrogen-bond acceptors (Lipinski definition) is 13. The number of nitro benzene ring substituents is 1. The molecule has 1 heterocycles. The van der Waals surface area contributed by atoms with Gasteiger partial charge in [-0.05, 0) is 104 Å². The number of carbonyl (C=O) groups is 2. The lowest BCUT2D eigenvalue weighted by Gasteiger charge is -2.60. The predicted molar refractivity (Wildman–Crippen MR) is 237 cm³/mol. The van der Waals surface area contributed by atoms with Gasteiger partial charge in [0.1, 0.15) is 36.2 Å². The fourth-order valence-corrected chi connectivity index (χ4v) is 9.71. The Morgan fingerprint density at radius 3 is 2.44 bits per heavy atom. The zero-order chi connectivity index (χ0) is 45.1. The topological polar surface area (TPSA) is 200 Å². The highest BCUT2D eigenvalue weighted by Crippen LogP contribution is 2.62. The zero-order valence-electron chi connectivity index (χ0n) is 36.1. The largest absolute Gasteiger partial charge is 0.459 e. The van der Waals surface area contributed by atoms with Gasteiger partial charge in [0, 0.05) is 61.3 Å². The van der Waals surface area contributed by atoms with Crippen molar-refractivity contribution in [2.45, 2.75) is 82.1 Å². The summed E-state index contributed by atoms with van der Waals surface area (Å²) in [4.78, 5) is 45.1.